The van der Waals surface area contributed by atoms with E-state index in [1.54, 1.807) is 0 Å². The van der Waals surface area contributed by atoms with E-state index in [-0.39, 0.29) is 24.9 Å². The summed E-state index contributed by atoms with van der Waals surface area (Å²) in [5, 5.41) is 25.9. The van der Waals surface area contributed by atoms with Gasteiger partial charge in [-0.3, -0.25) is 4.79 Å². The zero-order valence-electron chi connectivity index (χ0n) is 19.8. The van der Waals surface area contributed by atoms with Gasteiger partial charge in [-0.15, -0.1) is 10.2 Å². The Labute approximate surface area is 194 Å². The van der Waals surface area contributed by atoms with Gasteiger partial charge in [0.1, 0.15) is 11.6 Å². The maximum atomic E-state index is 12.9. The number of anilines is 1. The summed E-state index contributed by atoms with van der Waals surface area (Å²) >= 11 is 0. The van der Waals surface area contributed by atoms with E-state index >= 15 is 0 Å². The largest absolute Gasteiger partial charge is 0.396 e. The number of nitrogens with zero attached hydrogens (tertiary/aromatic N) is 4. The van der Waals surface area contributed by atoms with Crippen molar-refractivity contribution in [1.29, 1.82) is 0 Å². The number of benzene rings is 1. The highest BCUT2D eigenvalue weighted by Gasteiger charge is 2.34. The fourth-order valence-corrected chi connectivity index (χ4v) is 4.22. The first kappa shape index (κ1) is 23.2. The van der Waals surface area contributed by atoms with Gasteiger partial charge in [-0.25, -0.2) is 0 Å². The molecule has 1 aliphatic rings. The number of carbonyl (C=O) groups excluding carboxylic acids is 1. The minimum atomic E-state index is -0.246. The van der Waals surface area contributed by atoms with Crippen molar-refractivity contribution < 1.29 is 14.4 Å². The third-order valence-electron chi connectivity index (χ3n) is 5.96. The van der Waals surface area contributed by atoms with Crippen LogP contribution in [0.1, 0.15) is 74.2 Å². The topological polar surface area (TPSA) is 106 Å². The lowest BCUT2D eigenvalue weighted by atomic mass is 9.99. The third kappa shape index (κ3) is 5.50. The normalized spacial score (nSPS) is 14.6. The van der Waals surface area contributed by atoms with Gasteiger partial charge >= 0.3 is 0 Å². The lowest BCUT2D eigenvalue weighted by molar-refractivity contribution is -0.116. The molecule has 1 atom stereocenters. The van der Waals surface area contributed by atoms with Crippen LogP contribution in [0, 0.1) is 19.8 Å². The van der Waals surface area contributed by atoms with Crippen LogP contribution < -0.4 is 5.32 Å². The predicted molar refractivity (Wildman–Crippen MR) is 126 cm³/mol. The smallest absolute Gasteiger partial charge is 0.225 e. The summed E-state index contributed by atoms with van der Waals surface area (Å²) in [6.07, 6.45) is 3.53. The SMILES string of the molecule is Cc1ccc(NC(=O)C[C@H](CCO)c2nnc(-c3cc(CC(C)C)on3)n2C2CC2)c(C)c1. The quantitative estimate of drug-likeness (QED) is 0.467. The standard InChI is InChI=1S/C25H33N5O3/c1-15(2)11-20-14-22(29-33-20)25-28-27-24(30(25)19-6-7-19)18(9-10-31)13-23(32)26-21-8-5-16(3)12-17(21)4/h5,8,12,14-15,18-19,31H,6-7,9-11,13H2,1-4H3,(H,26,32)/t18-/m0/s1. The van der Waals surface area contributed by atoms with Gasteiger partial charge < -0.3 is 19.5 Å². The Balaban J connectivity index is 1.57. The van der Waals surface area contributed by atoms with E-state index in [1.807, 2.05) is 38.1 Å². The van der Waals surface area contributed by atoms with E-state index in [0.717, 1.165) is 47.7 Å². The number of rotatable bonds is 10. The van der Waals surface area contributed by atoms with Gasteiger partial charge in [-0.2, -0.15) is 0 Å². The number of aliphatic hydroxyl groups excluding tert-OH is 1. The van der Waals surface area contributed by atoms with Crippen molar-refractivity contribution in [3.8, 4) is 11.5 Å². The molecule has 0 bridgehead atoms. The van der Waals surface area contributed by atoms with Crippen LogP contribution in [-0.4, -0.2) is 37.5 Å². The zero-order chi connectivity index (χ0) is 23.5. The second-order valence-electron chi connectivity index (χ2n) is 9.54. The summed E-state index contributed by atoms with van der Waals surface area (Å²) in [4.78, 5) is 12.9. The summed E-state index contributed by atoms with van der Waals surface area (Å²) in [5.41, 5.74) is 3.64. The first-order valence-electron chi connectivity index (χ1n) is 11.7. The molecule has 1 aromatic carbocycles. The number of aryl methyl sites for hydroxylation is 2. The Hall–Kier alpha value is -3.00. The maximum Gasteiger partial charge on any atom is 0.225 e. The highest BCUT2D eigenvalue weighted by molar-refractivity contribution is 5.92. The van der Waals surface area contributed by atoms with Crippen molar-refractivity contribution in [2.75, 3.05) is 11.9 Å². The second-order valence-corrected chi connectivity index (χ2v) is 9.54. The molecule has 33 heavy (non-hydrogen) atoms. The molecule has 2 aromatic heterocycles. The molecule has 1 amide bonds. The first-order valence-corrected chi connectivity index (χ1v) is 11.7. The number of hydrogen-bond acceptors (Lipinski definition) is 6. The second kappa shape index (κ2) is 9.87. The lowest BCUT2D eigenvalue weighted by Crippen LogP contribution is -2.19. The van der Waals surface area contributed by atoms with Crippen molar-refractivity contribution in [3.63, 3.8) is 0 Å². The van der Waals surface area contributed by atoms with Gasteiger partial charge in [0.2, 0.25) is 5.91 Å². The van der Waals surface area contributed by atoms with Crippen LogP contribution in [0.3, 0.4) is 0 Å². The highest BCUT2D eigenvalue weighted by Crippen LogP contribution is 2.41. The number of hydrogen-bond donors (Lipinski definition) is 2. The molecule has 3 aromatic rings. The van der Waals surface area contributed by atoms with Crippen LogP contribution in [0.4, 0.5) is 5.69 Å². The third-order valence-corrected chi connectivity index (χ3v) is 5.96. The summed E-state index contributed by atoms with van der Waals surface area (Å²) in [6, 6.07) is 8.17. The van der Waals surface area contributed by atoms with Gasteiger partial charge in [0.05, 0.1) is 0 Å². The molecule has 176 valence electrons. The molecule has 8 heteroatoms. The molecule has 1 fully saturated rings. The van der Waals surface area contributed by atoms with Crippen molar-refractivity contribution in [3.05, 3.63) is 47.0 Å². The summed E-state index contributed by atoms with van der Waals surface area (Å²) < 4.78 is 7.62. The molecule has 0 unspecified atom stereocenters. The van der Waals surface area contributed by atoms with Crippen LogP contribution in [0.25, 0.3) is 11.5 Å². The van der Waals surface area contributed by atoms with Crippen LogP contribution in [0.15, 0.2) is 28.8 Å². The monoisotopic (exact) mass is 451 g/mol. The van der Waals surface area contributed by atoms with E-state index in [2.05, 4.69) is 39.1 Å². The molecule has 2 heterocycles. The van der Waals surface area contributed by atoms with E-state index in [9.17, 15) is 9.90 Å². The molecule has 2 N–H and O–H groups in total. The van der Waals surface area contributed by atoms with Crippen LogP contribution in [0.2, 0.25) is 0 Å². The molecule has 1 aliphatic carbocycles. The number of aromatic nitrogens is 4. The van der Waals surface area contributed by atoms with Crippen molar-refractivity contribution in [2.24, 2.45) is 5.92 Å². The highest BCUT2D eigenvalue weighted by atomic mass is 16.5. The fraction of sp³-hybridized carbons (Fsp3) is 0.520. The zero-order valence-corrected chi connectivity index (χ0v) is 19.8. The van der Waals surface area contributed by atoms with Gasteiger partial charge in [-0.05, 0) is 50.7 Å². The molecule has 8 nitrogen and oxygen atoms in total. The van der Waals surface area contributed by atoms with Crippen LogP contribution in [0.5, 0.6) is 0 Å². The van der Waals surface area contributed by atoms with Gasteiger partial charge in [0.25, 0.3) is 0 Å². The summed E-state index contributed by atoms with van der Waals surface area (Å²) in [6.45, 7) is 8.25. The number of nitrogens with one attached hydrogen (secondary N) is 1. The summed E-state index contributed by atoms with van der Waals surface area (Å²) in [5.74, 6) is 2.34. The van der Waals surface area contributed by atoms with Crippen molar-refractivity contribution in [1.82, 2.24) is 19.9 Å². The van der Waals surface area contributed by atoms with Gasteiger partial charge in [-0.1, -0.05) is 36.7 Å². The first-order chi connectivity index (χ1) is 15.9. The Kier molecular flexibility index (Phi) is 6.93. The van der Waals surface area contributed by atoms with E-state index < -0.39 is 0 Å². The maximum absolute atomic E-state index is 12.9. The minimum absolute atomic E-state index is 0.0309. The average molecular weight is 452 g/mol. The Morgan fingerprint density at radius 3 is 2.70 bits per heavy atom. The minimum Gasteiger partial charge on any atom is -0.396 e. The predicted octanol–water partition coefficient (Wildman–Crippen LogP) is 4.58. The van der Waals surface area contributed by atoms with E-state index in [1.165, 1.54) is 0 Å². The molecular formula is C25H33N5O3. The van der Waals surface area contributed by atoms with Crippen LogP contribution >= 0.6 is 0 Å². The van der Waals surface area contributed by atoms with Crippen molar-refractivity contribution >= 4 is 11.6 Å². The molecule has 0 aliphatic heterocycles. The molecule has 0 saturated heterocycles. The van der Waals surface area contributed by atoms with Crippen molar-refractivity contribution in [2.45, 2.75) is 71.8 Å². The Morgan fingerprint density at radius 2 is 2.03 bits per heavy atom. The number of amides is 1. The molecule has 4 rings (SSSR count). The number of aliphatic hydroxyl groups is 1. The fourth-order valence-electron chi connectivity index (χ4n) is 4.22. The van der Waals surface area contributed by atoms with E-state index in [4.69, 9.17) is 4.52 Å². The summed E-state index contributed by atoms with van der Waals surface area (Å²) in [7, 11) is 0. The molecular weight excluding hydrogens is 418 g/mol. The Bertz CT molecular complexity index is 1110. The lowest BCUT2D eigenvalue weighted by Gasteiger charge is -2.17. The number of carbonyl (C=O) groups is 1. The average Bonchev–Trinajstić information content (AvgIpc) is 3.32. The van der Waals surface area contributed by atoms with E-state index in [0.29, 0.717) is 29.9 Å². The van der Waals surface area contributed by atoms with Gasteiger partial charge in [0, 0.05) is 43.2 Å². The molecule has 0 radical (unpaired) electrons. The molecule has 1 saturated carbocycles. The Morgan fingerprint density at radius 1 is 1.24 bits per heavy atom. The molecule has 0 spiro atoms. The van der Waals surface area contributed by atoms with Gasteiger partial charge in [0.15, 0.2) is 11.5 Å². The van der Waals surface area contributed by atoms with Crippen LogP contribution in [-0.2, 0) is 11.2 Å².